The summed E-state index contributed by atoms with van der Waals surface area (Å²) in [5, 5.41) is 4.13. The van der Waals surface area contributed by atoms with Gasteiger partial charge in [0.25, 0.3) is 0 Å². The molecule has 1 aromatic rings. The van der Waals surface area contributed by atoms with Crippen molar-refractivity contribution >= 4 is 11.6 Å². The van der Waals surface area contributed by atoms with Crippen molar-refractivity contribution < 1.29 is 0 Å². The first-order valence-electron chi connectivity index (χ1n) is 5.15. The summed E-state index contributed by atoms with van der Waals surface area (Å²) in [4.78, 5) is 0. The lowest BCUT2D eigenvalue weighted by atomic mass is 10.1. The van der Waals surface area contributed by atoms with Crippen LogP contribution in [0.1, 0.15) is 31.9 Å². The maximum absolute atomic E-state index is 6.10. The minimum absolute atomic E-state index is 0.108. The lowest BCUT2D eigenvalue weighted by molar-refractivity contribution is 0.512. The van der Waals surface area contributed by atoms with E-state index in [-0.39, 0.29) is 12.1 Å². The van der Waals surface area contributed by atoms with Crippen LogP contribution in [0.15, 0.2) is 24.3 Å². The molecular formula is C13H16ClN. The smallest absolute Gasteiger partial charge is 0.0688 e. The Labute approximate surface area is 96.8 Å². The molecule has 0 fully saturated rings. The van der Waals surface area contributed by atoms with E-state index in [1.165, 1.54) is 0 Å². The summed E-state index contributed by atoms with van der Waals surface area (Å²) in [5.41, 5.74) is 1.09. The Hall–Kier alpha value is -0.970. The molecule has 0 aliphatic heterocycles. The molecule has 1 nitrogen and oxygen atoms in total. The van der Waals surface area contributed by atoms with Crippen LogP contribution in [0.2, 0.25) is 5.02 Å². The zero-order valence-corrected chi connectivity index (χ0v) is 9.88. The molecule has 15 heavy (non-hydrogen) atoms. The number of hydrogen-bond donors (Lipinski definition) is 1. The minimum atomic E-state index is 0.108. The fraction of sp³-hybridized carbons (Fsp3) is 0.385. The predicted molar refractivity (Wildman–Crippen MR) is 65.9 cm³/mol. The molecule has 1 rings (SSSR count). The van der Waals surface area contributed by atoms with Crippen LogP contribution in [-0.2, 0) is 0 Å². The molecule has 1 aromatic carbocycles. The Bertz CT molecular complexity index is 354. The normalized spacial score (nSPS) is 14.3. The van der Waals surface area contributed by atoms with E-state index in [4.69, 9.17) is 18.0 Å². The summed E-state index contributed by atoms with van der Waals surface area (Å²) >= 11 is 6.10. The van der Waals surface area contributed by atoms with Gasteiger partial charge in [-0.1, -0.05) is 42.6 Å². The predicted octanol–water partition coefficient (Wildman–Crippen LogP) is 3.40. The Morgan fingerprint density at radius 2 is 2.13 bits per heavy atom. The number of benzene rings is 1. The Kier molecular flexibility index (Phi) is 4.68. The first kappa shape index (κ1) is 12.1. The van der Waals surface area contributed by atoms with Crippen molar-refractivity contribution in [3.63, 3.8) is 0 Å². The fourth-order valence-electron chi connectivity index (χ4n) is 1.50. The van der Waals surface area contributed by atoms with Crippen LogP contribution in [0.4, 0.5) is 0 Å². The minimum Gasteiger partial charge on any atom is -0.297 e. The Balaban J connectivity index is 2.73. The molecule has 0 saturated heterocycles. The van der Waals surface area contributed by atoms with Crippen LogP contribution >= 0.6 is 11.6 Å². The molecule has 2 atom stereocenters. The molecular weight excluding hydrogens is 206 g/mol. The SMILES string of the molecule is C#CC(CC)N[C@@H](C)c1ccccc1Cl. The van der Waals surface area contributed by atoms with E-state index in [0.717, 1.165) is 17.0 Å². The van der Waals surface area contributed by atoms with Crippen molar-refractivity contribution in [1.29, 1.82) is 0 Å². The molecule has 0 aliphatic rings. The molecule has 0 heterocycles. The summed E-state index contributed by atoms with van der Waals surface area (Å²) in [6.07, 6.45) is 6.32. The van der Waals surface area contributed by atoms with Gasteiger partial charge in [0.2, 0.25) is 0 Å². The first-order chi connectivity index (χ1) is 7.19. The average molecular weight is 222 g/mol. The van der Waals surface area contributed by atoms with Gasteiger partial charge in [0.1, 0.15) is 0 Å². The molecule has 1 unspecified atom stereocenters. The van der Waals surface area contributed by atoms with Crippen molar-refractivity contribution in [2.24, 2.45) is 0 Å². The molecule has 0 amide bonds. The van der Waals surface area contributed by atoms with Gasteiger partial charge in [0.05, 0.1) is 6.04 Å². The second-order valence-corrected chi connectivity index (χ2v) is 3.94. The average Bonchev–Trinajstić information content (AvgIpc) is 2.26. The molecule has 2 heteroatoms. The van der Waals surface area contributed by atoms with Crippen LogP contribution in [0.3, 0.4) is 0 Å². The number of rotatable bonds is 4. The van der Waals surface area contributed by atoms with Crippen molar-refractivity contribution in [2.75, 3.05) is 0 Å². The van der Waals surface area contributed by atoms with Crippen molar-refractivity contribution in [1.82, 2.24) is 5.32 Å². The highest BCUT2D eigenvalue weighted by molar-refractivity contribution is 6.31. The highest BCUT2D eigenvalue weighted by Gasteiger charge is 2.11. The van der Waals surface area contributed by atoms with Crippen LogP contribution < -0.4 is 5.32 Å². The topological polar surface area (TPSA) is 12.0 Å². The van der Waals surface area contributed by atoms with Crippen LogP contribution in [-0.4, -0.2) is 6.04 Å². The lowest BCUT2D eigenvalue weighted by Crippen LogP contribution is -2.29. The number of terminal acetylenes is 1. The number of halogens is 1. The van der Waals surface area contributed by atoms with Gasteiger partial charge in [-0.05, 0) is 25.0 Å². The summed E-state index contributed by atoms with van der Waals surface area (Å²) in [5.74, 6) is 2.72. The highest BCUT2D eigenvalue weighted by Crippen LogP contribution is 2.22. The monoisotopic (exact) mass is 221 g/mol. The summed E-state index contributed by atoms with van der Waals surface area (Å²) in [6.45, 7) is 4.14. The van der Waals surface area contributed by atoms with Crippen molar-refractivity contribution in [3.05, 3.63) is 34.9 Å². The highest BCUT2D eigenvalue weighted by atomic mass is 35.5. The number of nitrogens with one attached hydrogen (secondary N) is 1. The molecule has 80 valence electrons. The quantitative estimate of drug-likeness (QED) is 0.769. The standard InChI is InChI=1S/C13H16ClN/c1-4-11(5-2)15-10(3)12-8-6-7-9-13(12)14/h1,6-11,15H,5H2,2-3H3/t10-,11?/m0/s1. The molecule has 0 aromatic heterocycles. The second-order valence-electron chi connectivity index (χ2n) is 3.54. The maximum atomic E-state index is 6.10. The van der Waals surface area contributed by atoms with Gasteiger partial charge < -0.3 is 0 Å². The summed E-state index contributed by atoms with van der Waals surface area (Å²) < 4.78 is 0. The third-order valence-corrected chi connectivity index (χ3v) is 2.78. The Morgan fingerprint density at radius 3 is 2.67 bits per heavy atom. The zero-order chi connectivity index (χ0) is 11.3. The molecule has 0 radical (unpaired) electrons. The van der Waals surface area contributed by atoms with E-state index in [1.807, 2.05) is 24.3 Å². The third-order valence-electron chi connectivity index (χ3n) is 2.43. The van der Waals surface area contributed by atoms with Gasteiger partial charge >= 0.3 is 0 Å². The van der Waals surface area contributed by atoms with Crippen LogP contribution in [0.25, 0.3) is 0 Å². The van der Waals surface area contributed by atoms with E-state index in [2.05, 4.69) is 25.1 Å². The largest absolute Gasteiger partial charge is 0.297 e. The van der Waals surface area contributed by atoms with E-state index in [1.54, 1.807) is 0 Å². The lowest BCUT2D eigenvalue weighted by Gasteiger charge is -2.19. The van der Waals surface area contributed by atoms with Gasteiger partial charge in [-0.25, -0.2) is 0 Å². The summed E-state index contributed by atoms with van der Waals surface area (Å²) in [7, 11) is 0. The van der Waals surface area contributed by atoms with Crippen LogP contribution in [0.5, 0.6) is 0 Å². The van der Waals surface area contributed by atoms with Gasteiger partial charge in [-0.2, -0.15) is 0 Å². The van der Waals surface area contributed by atoms with Crippen molar-refractivity contribution in [3.8, 4) is 12.3 Å². The molecule has 0 aliphatic carbocycles. The molecule has 0 spiro atoms. The van der Waals surface area contributed by atoms with Crippen molar-refractivity contribution in [2.45, 2.75) is 32.4 Å². The van der Waals surface area contributed by atoms with Gasteiger partial charge in [-0.3, -0.25) is 5.32 Å². The van der Waals surface area contributed by atoms with Gasteiger partial charge in [-0.15, -0.1) is 6.42 Å². The van der Waals surface area contributed by atoms with E-state index in [9.17, 15) is 0 Å². The summed E-state index contributed by atoms with van der Waals surface area (Å²) in [6, 6.07) is 8.11. The number of hydrogen-bond acceptors (Lipinski definition) is 1. The fourth-order valence-corrected chi connectivity index (χ4v) is 1.80. The molecule has 0 bridgehead atoms. The van der Waals surface area contributed by atoms with Crippen LogP contribution in [0, 0.1) is 12.3 Å². The Morgan fingerprint density at radius 1 is 1.47 bits per heavy atom. The van der Waals surface area contributed by atoms with E-state index < -0.39 is 0 Å². The van der Waals surface area contributed by atoms with Gasteiger partial charge in [0.15, 0.2) is 0 Å². The zero-order valence-electron chi connectivity index (χ0n) is 9.13. The molecule has 1 N–H and O–H groups in total. The second kappa shape index (κ2) is 5.80. The maximum Gasteiger partial charge on any atom is 0.0688 e. The van der Waals surface area contributed by atoms with E-state index >= 15 is 0 Å². The van der Waals surface area contributed by atoms with Gasteiger partial charge in [0, 0.05) is 11.1 Å². The first-order valence-corrected chi connectivity index (χ1v) is 5.53. The third kappa shape index (κ3) is 3.27. The molecule has 0 saturated carbocycles. The van der Waals surface area contributed by atoms with E-state index in [0.29, 0.717) is 0 Å².